The second kappa shape index (κ2) is 5.51. The average molecular weight is 178 g/mol. The van der Waals surface area contributed by atoms with E-state index in [-0.39, 0.29) is 6.61 Å². The highest BCUT2D eigenvalue weighted by Gasteiger charge is 1.93. The Balaban J connectivity index is 2.24. The Hall–Kier alpha value is -1.12. The molecule has 0 saturated heterocycles. The fourth-order valence-electron chi connectivity index (χ4n) is 0.933. The molecule has 0 saturated carbocycles. The minimum atomic E-state index is -0.00517. The summed E-state index contributed by atoms with van der Waals surface area (Å²) >= 11 is 0. The van der Waals surface area contributed by atoms with Crippen molar-refractivity contribution in [1.29, 1.82) is 0 Å². The highest BCUT2D eigenvalue weighted by Crippen LogP contribution is 2.01. The standard InChI is InChI=1S/C11H14O2/c1-10(7-12)8-13-9-11-5-3-2-4-6-11/h2-6,12H,1,7-9H2. The number of hydrogen-bond acceptors (Lipinski definition) is 2. The van der Waals surface area contributed by atoms with E-state index in [9.17, 15) is 0 Å². The Kier molecular flexibility index (Phi) is 4.23. The van der Waals surface area contributed by atoms with Gasteiger partial charge in [-0.15, -0.1) is 0 Å². The second-order valence-corrected chi connectivity index (χ2v) is 2.89. The quantitative estimate of drug-likeness (QED) is 0.696. The van der Waals surface area contributed by atoms with Crippen molar-refractivity contribution in [2.75, 3.05) is 13.2 Å². The monoisotopic (exact) mass is 178 g/mol. The molecule has 70 valence electrons. The molecule has 0 aliphatic carbocycles. The molecule has 0 aliphatic heterocycles. The van der Waals surface area contributed by atoms with E-state index < -0.39 is 0 Å². The van der Waals surface area contributed by atoms with Crippen LogP contribution in [0.3, 0.4) is 0 Å². The van der Waals surface area contributed by atoms with Crippen LogP contribution in [0.1, 0.15) is 5.56 Å². The van der Waals surface area contributed by atoms with Gasteiger partial charge in [0.2, 0.25) is 0 Å². The summed E-state index contributed by atoms with van der Waals surface area (Å²) in [5, 5.41) is 8.65. The lowest BCUT2D eigenvalue weighted by Crippen LogP contribution is -2.00. The van der Waals surface area contributed by atoms with Gasteiger partial charge in [0.25, 0.3) is 0 Å². The first-order valence-corrected chi connectivity index (χ1v) is 4.22. The van der Waals surface area contributed by atoms with E-state index in [1.165, 1.54) is 0 Å². The van der Waals surface area contributed by atoms with Crippen LogP contribution >= 0.6 is 0 Å². The molecule has 0 aromatic heterocycles. The van der Waals surface area contributed by atoms with E-state index in [0.717, 1.165) is 5.56 Å². The molecule has 1 rings (SSSR count). The van der Waals surface area contributed by atoms with Gasteiger partial charge in [-0.3, -0.25) is 0 Å². The molecular weight excluding hydrogens is 164 g/mol. The Bertz CT molecular complexity index is 254. The van der Waals surface area contributed by atoms with Crippen LogP contribution in [0.5, 0.6) is 0 Å². The molecule has 0 fully saturated rings. The number of aliphatic hydroxyl groups excluding tert-OH is 1. The van der Waals surface area contributed by atoms with Crippen molar-refractivity contribution in [3.8, 4) is 0 Å². The van der Waals surface area contributed by atoms with Gasteiger partial charge in [-0.1, -0.05) is 36.9 Å². The lowest BCUT2D eigenvalue weighted by molar-refractivity contribution is 0.134. The second-order valence-electron chi connectivity index (χ2n) is 2.89. The molecule has 1 aromatic rings. The van der Waals surface area contributed by atoms with Crippen LogP contribution in [-0.2, 0) is 11.3 Å². The van der Waals surface area contributed by atoms with Gasteiger partial charge in [-0.2, -0.15) is 0 Å². The van der Waals surface area contributed by atoms with Gasteiger partial charge in [0, 0.05) is 0 Å². The molecule has 0 aliphatic rings. The van der Waals surface area contributed by atoms with Gasteiger partial charge in [-0.25, -0.2) is 0 Å². The lowest BCUT2D eigenvalue weighted by Gasteiger charge is -2.04. The zero-order valence-corrected chi connectivity index (χ0v) is 7.57. The van der Waals surface area contributed by atoms with Gasteiger partial charge in [0.1, 0.15) is 0 Å². The van der Waals surface area contributed by atoms with Crippen molar-refractivity contribution >= 4 is 0 Å². The normalized spacial score (nSPS) is 9.92. The average Bonchev–Trinajstić information content (AvgIpc) is 2.19. The van der Waals surface area contributed by atoms with Gasteiger partial charge in [0.15, 0.2) is 0 Å². The smallest absolute Gasteiger partial charge is 0.0721 e. The summed E-state index contributed by atoms with van der Waals surface area (Å²) in [5.74, 6) is 0. The molecule has 2 nitrogen and oxygen atoms in total. The van der Waals surface area contributed by atoms with Crippen molar-refractivity contribution in [2.24, 2.45) is 0 Å². The van der Waals surface area contributed by atoms with E-state index in [1.54, 1.807) is 0 Å². The van der Waals surface area contributed by atoms with Crippen LogP contribution < -0.4 is 0 Å². The van der Waals surface area contributed by atoms with Gasteiger partial charge in [-0.05, 0) is 11.1 Å². The number of rotatable bonds is 5. The predicted molar refractivity (Wildman–Crippen MR) is 52.3 cm³/mol. The molecule has 0 amide bonds. The maximum atomic E-state index is 8.65. The van der Waals surface area contributed by atoms with Crippen LogP contribution in [0.15, 0.2) is 42.5 Å². The van der Waals surface area contributed by atoms with E-state index in [1.807, 2.05) is 30.3 Å². The van der Waals surface area contributed by atoms with Crippen LogP contribution in [-0.4, -0.2) is 18.3 Å². The highest BCUT2D eigenvalue weighted by molar-refractivity contribution is 5.13. The van der Waals surface area contributed by atoms with E-state index in [2.05, 4.69) is 6.58 Å². The van der Waals surface area contributed by atoms with Crippen molar-refractivity contribution < 1.29 is 9.84 Å². The van der Waals surface area contributed by atoms with Crippen molar-refractivity contribution in [3.05, 3.63) is 48.0 Å². The molecule has 0 radical (unpaired) electrons. The number of ether oxygens (including phenoxy) is 1. The molecular formula is C11H14O2. The van der Waals surface area contributed by atoms with Crippen LogP contribution in [0, 0.1) is 0 Å². The summed E-state index contributed by atoms with van der Waals surface area (Å²) in [6, 6.07) is 9.92. The summed E-state index contributed by atoms with van der Waals surface area (Å²) in [6.07, 6.45) is 0. The molecule has 0 unspecified atom stereocenters. The number of aliphatic hydroxyl groups is 1. The first-order valence-electron chi connectivity index (χ1n) is 4.22. The largest absolute Gasteiger partial charge is 0.392 e. The Morgan fingerprint density at radius 3 is 2.62 bits per heavy atom. The summed E-state index contributed by atoms with van der Waals surface area (Å²) in [5.41, 5.74) is 1.84. The maximum Gasteiger partial charge on any atom is 0.0721 e. The van der Waals surface area contributed by atoms with Gasteiger partial charge < -0.3 is 9.84 Å². The molecule has 13 heavy (non-hydrogen) atoms. The van der Waals surface area contributed by atoms with E-state index >= 15 is 0 Å². The molecule has 0 heterocycles. The maximum absolute atomic E-state index is 8.65. The zero-order valence-electron chi connectivity index (χ0n) is 7.57. The molecule has 0 atom stereocenters. The fourth-order valence-corrected chi connectivity index (χ4v) is 0.933. The summed E-state index contributed by atoms with van der Waals surface area (Å²) in [6.45, 7) is 4.62. The van der Waals surface area contributed by atoms with E-state index in [0.29, 0.717) is 18.8 Å². The van der Waals surface area contributed by atoms with Crippen LogP contribution in [0.2, 0.25) is 0 Å². The fraction of sp³-hybridized carbons (Fsp3) is 0.273. The van der Waals surface area contributed by atoms with Crippen LogP contribution in [0.25, 0.3) is 0 Å². The lowest BCUT2D eigenvalue weighted by atomic mass is 10.2. The third-order valence-electron chi connectivity index (χ3n) is 1.64. The molecule has 0 spiro atoms. The minimum Gasteiger partial charge on any atom is -0.392 e. The molecule has 1 N–H and O–H groups in total. The van der Waals surface area contributed by atoms with Gasteiger partial charge in [0.05, 0.1) is 19.8 Å². The first-order chi connectivity index (χ1) is 6.33. The molecule has 2 heteroatoms. The zero-order chi connectivity index (χ0) is 9.52. The van der Waals surface area contributed by atoms with Crippen LogP contribution in [0.4, 0.5) is 0 Å². The third-order valence-corrected chi connectivity index (χ3v) is 1.64. The minimum absolute atomic E-state index is 0.00517. The third kappa shape index (κ3) is 3.87. The molecule has 0 bridgehead atoms. The van der Waals surface area contributed by atoms with Crippen molar-refractivity contribution in [1.82, 2.24) is 0 Å². The Labute approximate surface area is 78.5 Å². The van der Waals surface area contributed by atoms with E-state index in [4.69, 9.17) is 9.84 Å². The number of benzene rings is 1. The van der Waals surface area contributed by atoms with Crippen molar-refractivity contribution in [2.45, 2.75) is 6.61 Å². The summed E-state index contributed by atoms with van der Waals surface area (Å²) in [4.78, 5) is 0. The summed E-state index contributed by atoms with van der Waals surface area (Å²) < 4.78 is 5.31. The number of hydrogen-bond donors (Lipinski definition) is 1. The Morgan fingerprint density at radius 2 is 2.00 bits per heavy atom. The SMILES string of the molecule is C=C(CO)COCc1ccccc1. The Morgan fingerprint density at radius 1 is 1.31 bits per heavy atom. The predicted octanol–water partition coefficient (Wildman–Crippen LogP) is 1.75. The molecule has 1 aromatic carbocycles. The summed E-state index contributed by atoms with van der Waals surface area (Å²) in [7, 11) is 0. The topological polar surface area (TPSA) is 29.5 Å². The van der Waals surface area contributed by atoms with Gasteiger partial charge >= 0.3 is 0 Å². The first kappa shape index (κ1) is 9.96. The van der Waals surface area contributed by atoms with Crippen molar-refractivity contribution in [3.63, 3.8) is 0 Å². The highest BCUT2D eigenvalue weighted by atomic mass is 16.5.